The highest BCUT2D eigenvalue weighted by Crippen LogP contribution is 2.13. The molecule has 1 fully saturated rings. The molecular weight excluding hydrogens is 166 g/mol. The average molecular weight is 181 g/mol. The molecule has 0 aliphatic carbocycles. The maximum Gasteiger partial charge on any atom is 0.0662 e. The number of aromatic nitrogens is 2. The van der Waals surface area contributed by atoms with E-state index in [-0.39, 0.29) is 0 Å². The molecule has 1 aliphatic heterocycles. The topological polar surface area (TPSA) is 39.1 Å². The molecule has 4 heteroatoms. The molecule has 0 radical (unpaired) electrons. The SMILES string of the molecule is Cn1cc(C2COCCCN2)cn1. The smallest absolute Gasteiger partial charge is 0.0662 e. The first-order chi connectivity index (χ1) is 6.36. The Morgan fingerprint density at radius 3 is 3.38 bits per heavy atom. The van der Waals surface area contributed by atoms with Crippen LogP contribution in [0.15, 0.2) is 12.4 Å². The largest absolute Gasteiger partial charge is 0.379 e. The minimum absolute atomic E-state index is 0.316. The molecule has 2 heterocycles. The highest BCUT2D eigenvalue weighted by Gasteiger charge is 2.14. The van der Waals surface area contributed by atoms with Crippen LogP contribution in [0.25, 0.3) is 0 Å². The Balaban J connectivity index is 2.06. The molecule has 72 valence electrons. The molecule has 1 N–H and O–H groups in total. The third kappa shape index (κ3) is 2.08. The molecule has 0 saturated carbocycles. The minimum atomic E-state index is 0.316. The first-order valence-electron chi connectivity index (χ1n) is 4.66. The summed E-state index contributed by atoms with van der Waals surface area (Å²) in [5, 5.41) is 7.58. The zero-order valence-corrected chi connectivity index (χ0v) is 7.86. The van der Waals surface area contributed by atoms with Crippen LogP contribution in [0, 0.1) is 0 Å². The van der Waals surface area contributed by atoms with Gasteiger partial charge in [-0.25, -0.2) is 0 Å². The summed E-state index contributed by atoms with van der Waals surface area (Å²) in [6.07, 6.45) is 5.02. The van der Waals surface area contributed by atoms with Crippen molar-refractivity contribution in [3.63, 3.8) is 0 Å². The maximum absolute atomic E-state index is 5.47. The third-order valence-corrected chi connectivity index (χ3v) is 2.27. The van der Waals surface area contributed by atoms with Crippen LogP contribution in [0.4, 0.5) is 0 Å². The van der Waals surface area contributed by atoms with Crippen LogP contribution in [0.5, 0.6) is 0 Å². The Bertz CT molecular complexity index is 264. The van der Waals surface area contributed by atoms with Crippen LogP contribution in [0.2, 0.25) is 0 Å². The summed E-state index contributed by atoms with van der Waals surface area (Å²) >= 11 is 0. The van der Waals surface area contributed by atoms with Gasteiger partial charge in [0.2, 0.25) is 0 Å². The van der Waals surface area contributed by atoms with Crippen molar-refractivity contribution in [2.24, 2.45) is 7.05 Å². The molecule has 0 spiro atoms. The first kappa shape index (κ1) is 8.72. The van der Waals surface area contributed by atoms with Gasteiger partial charge in [0.25, 0.3) is 0 Å². The van der Waals surface area contributed by atoms with Crippen molar-refractivity contribution in [1.82, 2.24) is 15.1 Å². The van der Waals surface area contributed by atoms with Crippen molar-refractivity contribution in [2.45, 2.75) is 12.5 Å². The molecule has 0 amide bonds. The fourth-order valence-corrected chi connectivity index (χ4v) is 1.54. The van der Waals surface area contributed by atoms with Crippen molar-refractivity contribution >= 4 is 0 Å². The number of nitrogens with one attached hydrogen (secondary N) is 1. The maximum atomic E-state index is 5.47. The molecule has 13 heavy (non-hydrogen) atoms. The summed E-state index contributed by atoms with van der Waals surface area (Å²) < 4.78 is 7.29. The van der Waals surface area contributed by atoms with E-state index >= 15 is 0 Å². The minimum Gasteiger partial charge on any atom is -0.379 e. The van der Waals surface area contributed by atoms with E-state index in [1.54, 1.807) is 0 Å². The van der Waals surface area contributed by atoms with Gasteiger partial charge in [-0.1, -0.05) is 0 Å². The van der Waals surface area contributed by atoms with Crippen molar-refractivity contribution in [3.8, 4) is 0 Å². The highest BCUT2D eigenvalue weighted by molar-refractivity contribution is 5.10. The molecule has 1 aliphatic rings. The second-order valence-electron chi connectivity index (χ2n) is 3.38. The van der Waals surface area contributed by atoms with Crippen LogP contribution >= 0.6 is 0 Å². The van der Waals surface area contributed by atoms with E-state index in [2.05, 4.69) is 10.4 Å². The molecule has 1 atom stereocenters. The van der Waals surface area contributed by atoms with Crippen LogP contribution in [0.1, 0.15) is 18.0 Å². The van der Waals surface area contributed by atoms with Crippen molar-refractivity contribution in [3.05, 3.63) is 18.0 Å². The summed E-state index contributed by atoms with van der Waals surface area (Å²) in [6.45, 7) is 2.65. The Labute approximate surface area is 77.9 Å². The Morgan fingerprint density at radius 2 is 2.62 bits per heavy atom. The summed E-state index contributed by atoms with van der Waals surface area (Å²) in [5.41, 5.74) is 1.21. The van der Waals surface area contributed by atoms with Gasteiger partial charge in [-0.05, 0) is 13.0 Å². The van der Waals surface area contributed by atoms with Crippen LogP contribution in [-0.4, -0.2) is 29.5 Å². The van der Waals surface area contributed by atoms with Crippen molar-refractivity contribution in [1.29, 1.82) is 0 Å². The molecule has 0 aromatic carbocycles. The van der Waals surface area contributed by atoms with Gasteiger partial charge in [0.1, 0.15) is 0 Å². The molecule has 2 rings (SSSR count). The molecule has 0 bridgehead atoms. The molecule has 1 unspecified atom stereocenters. The van der Waals surface area contributed by atoms with E-state index < -0.39 is 0 Å². The Morgan fingerprint density at radius 1 is 1.69 bits per heavy atom. The van der Waals surface area contributed by atoms with Crippen LogP contribution in [-0.2, 0) is 11.8 Å². The van der Waals surface area contributed by atoms with E-state index in [0.29, 0.717) is 6.04 Å². The summed E-state index contributed by atoms with van der Waals surface area (Å²) in [6, 6.07) is 0.316. The average Bonchev–Trinajstić information content (AvgIpc) is 2.43. The van der Waals surface area contributed by atoms with E-state index in [4.69, 9.17) is 4.74 Å². The van der Waals surface area contributed by atoms with E-state index in [9.17, 15) is 0 Å². The lowest BCUT2D eigenvalue weighted by molar-refractivity contribution is 0.131. The number of hydrogen-bond donors (Lipinski definition) is 1. The van der Waals surface area contributed by atoms with Crippen molar-refractivity contribution < 1.29 is 4.74 Å². The van der Waals surface area contributed by atoms with Gasteiger partial charge in [-0.3, -0.25) is 4.68 Å². The van der Waals surface area contributed by atoms with Crippen molar-refractivity contribution in [2.75, 3.05) is 19.8 Å². The number of nitrogens with zero attached hydrogens (tertiary/aromatic N) is 2. The fourth-order valence-electron chi connectivity index (χ4n) is 1.54. The molecule has 1 aromatic heterocycles. The standard InChI is InChI=1S/C9H15N3O/c1-12-6-8(5-11-12)9-7-13-4-2-3-10-9/h5-6,9-10H,2-4,7H2,1H3. The van der Waals surface area contributed by atoms with Gasteiger partial charge in [0.05, 0.1) is 18.8 Å². The van der Waals surface area contributed by atoms with E-state index in [0.717, 1.165) is 26.2 Å². The quantitative estimate of drug-likeness (QED) is 0.684. The molecular formula is C9H15N3O. The van der Waals surface area contributed by atoms with E-state index in [1.165, 1.54) is 5.56 Å². The van der Waals surface area contributed by atoms with Gasteiger partial charge in [0.15, 0.2) is 0 Å². The van der Waals surface area contributed by atoms with Gasteiger partial charge < -0.3 is 10.1 Å². The lowest BCUT2D eigenvalue weighted by atomic mass is 10.2. The number of aryl methyl sites for hydroxylation is 1. The summed E-state index contributed by atoms with van der Waals surface area (Å²) in [7, 11) is 1.93. The normalized spacial score (nSPS) is 24.2. The monoisotopic (exact) mass is 181 g/mol. The summed E-state index contributed by atoms with van der Waals surface area (Å²) in [5.74, 6) is 0. The zero-order chi connectivity index (χ0) is 9.10. The van der Waals surface area contributed by atoms with Crippen LogP contribution in [0.3, 0.4) is 0 Å². The highest BCUT2D eigenvalue weighted by atomic mass is 16.5. The Kier molecular flexibility index (Phi) is 2.61. The van der Waals surface area contributed by atoms with E-state index in [1.807, 2.05) is 24.1 Å². The Hall–Kier alpha value is -0.870. The van der Waals surface area contributed by atoms with Gasteiger partial charge in [0, 0.05) is 25.4 Å². The molecule has 1 saturated heterocycles. The second kappa shape index (κ2) is 3.89. The lowest BCUT2D eigenvalue weighted by Gasteiger charge is -2.12. The lowest BCUT2D eigenvalue weighted by Crippen LogP contribution is -2.22. The fraction of sp³-hybridized carbons (Fsp3) is 0.667. The number of hydrogen-bond acceptors (Lipinski definition) is 3. The predicted octanol–water partition coefficient (Wildman–Crippen LogP) is 0.471. The molecule has 1 aromatic rings. The zero-order valence-electron chi connectivity index (χ0n) is 7.86. The second-order valence-corrected chi connectivity index (χ2v) is 3.38. The number of rotatable bonds is 1. The van der Waals surface area contributed by atoms with Gasteiger partial charge in [-0.2, -0.15) is 5.10 Å². The predicted molar refractivity (Wildman–Crippen MR) is 49.4 cm³/mol. The first-order valence-corrected chi connectivity index (χ1v) is 4.66. The number of ether oxygens (including phenoxy) is 1. The van der Waals surface area contributed by atoms with Gasteiger partial charge >= 0.3 is 0 Å². The van der Waals surface area contributed by atoms with Gasteiger partial charge in [-0.15, -0.1) is 0 Å². The molecule has 4 nitrogen and oxygen atoms in total. The third-order valence-electron chi connectivity index (χ3n) is 2.27. The summed E-state index contributed by atoms with van der Waals surface area (Å²) in [4.78, 5) is 0. The van der Waals surface area contributed by atoms with Crippen LogP contribution < -0.4 is 5.32 Å².